The number of morpholine rings is 1. The van der Waals surface area contributed by atoms with Gasteiger partial charge in [0.1, 0.15) is 0 Å². The fourth-order valence-electron chi connectivity index (χ4n) is 2.79. The van der Waals surface area contributed by atoms with Crippen LogP contribution in [-0.2, 0) is 9.47 Å². The van der Waals surface area contributed by atoms with Gasteiger partial charge in [-0.05, 0) is 18.8 Å². The molecular formula is C14H28N2O3. The van der Waals surface area contributed by atoms with E-state index in [0.29, 0.717) is 19.3 Å². The molecule has 1 heterocycles. The molecule has 0 bridgehead atoms. The molecule has 0 spiro atoms. The zero-order chi connectivity index (χ0) is 13.5. The van der Waals surface area contributed by atoms with E-state index in [4.69, 9.17) is 9.47 Å². The molecule has 2 fully saturated rings. The molecule has 1 saturated heterocycles. The first kappa shape index (κ1) is 15.2. The Bertz CT molecular complexity index is 247. The Balaban J connectivity index is 1.54. The SMILES string of the molecule is CC1CCCC(OCC(O)CNN2CCOCC2)C1. The third-order valence-corrected chi connectivity index (χ3v) is 3.97. The molecule has 0 radical (unpaired) electrons. The number of hydrogen-bond donors (Lipinski definition) is 2. The molecule has 1 aliphatic heterocycles. The molecular weight excluding hydrogens is 244 g/mol. The van der Waals surface area contributed by atoms with Gasteiger partial charge in [-0.2, -0.15) is 0 Å². The molecule has 3 unspecified atom stereocenters. The van der Waals surface area contributed by atoms with Crippen molar-refractivity contribution in [3.05, 3.63) is 0 Å². The van der Waals surface area contributed by atoms with Gasteiger partial charge in [0.25, 0.3) is 0 Å². The fraction of sp³-hybridized carbons (Fsp3) is 1.00. The monoisotopic (exact) mass is 272 g/mol. The highest BCUT2D eigenvalue weighted by atomic mass is 16.5. The van der Waals surface area contributed by atoms with Crippen LogP contribution in [0.25, 0.3) is 0 Å². The van der Waals surface area contributed by atoms with Crippen molar-refractivity contribution in [2.45, 2.75) is 44.8 Å². The van der Waals surface area contributed by atoms with E-state index in [2.05, 4.69) is 17.4 Å². The molecule has 2 N–H and O–H groups in total. The number of nitrogens with one attached hydrogen (secondary N) is 1. The van der Waals surface area contributed by atoms with Crippen molar-refractivity contribution in [2.24, 2.45) is 5.92 Å². The minimum atomic E-state index is -0.430. The first-order valence-electron chi connectivity index (χ1n) is 7.60. The fourth-order valence-corrected chi connectivity index (χ4v) is 2.79. The highest BCUT2D eigenvalue weighted by molar-refractivity contribution is 4.71. The lowest BCUT2D eigenvalue weighted by molar-refractivity contribution is -0.0425. The molecule has 2 aliphatic rings. The molecule has 0 aromatic rings. The summed E-state index contributed by atoms with van der Waals surface area (Å²) in [5, 5.41) is 12.0. The molecule has 0 aromatic heterocycles. The average molecular weight is 272 g/mol. The van der Waals surface area contributed by atoms with Crippen LogP contribution in [0, 0.1) is 5.92 Å². The molecule has 112 valence electrons. The van der Waals surface area contributed by atoms with Gasteiger partial charge in [-0.1, -0.05) is 19.8 Å². The van der Waals surface area contributed by atoms with E-state index >= 15 is 0 Å². The highest BCUT2D eigenvalue weighted by Gasteiger charge is 2.20. The lowest BCUT2D eigenvalue weighted by Crippen LogP contribution is -2.48. The zero-order valence-corrected chi connectivity index (χ0v) is 12.0. The van der Waals surface area contributed by atoms with Crippen LogP contribution in [0.3, 0.4) is 0 Å². The van der Waals surface area contributed by atoms with Crippen molar-refractivity contribution >= 4 is 0 Å². The highest BCUT2D eigenvalue weighted by Crippen LogP contribution is 2.25. The Morgan fingerprint density at radius 1 is 1.37 bits per heavy atom. The summed E-state index contributed by atoms with van der Waals surface area (Å²) in [4.78, 5) is 0. The molecule has 19 heavy (non-hydrogen) atoms. The van der Waals surface area contributed by atoms with E-state index in [0.717, 1.165) is 45.1 Å². The van der Waals surface area contributed by atoms with E-state index in [1.165, 1.54) is 12.8 Å². The van der Waals surface area contributed by atoms with Crippen LogP contribution in [0.15, 0.2) is 0 Å². The number of rotatable bonds is 6. The Labute approximate surface area is 116 Å². The van der Waals surface area contributed by atoms with E-state index in [9.17, 15) is 5.11 Å². The summed E-state index contributed by atoms with van der Waals surface area (Å²) in [5.74, 6) is 0.766. The third-order valence-electron chi connectivity index (χ3n) is 3.97. The van der Waals surface area contributed by atoms with Gasteiger partial charge < -0.3 is 14.6 Å². The predicted molar refractivity (Wildman–Crippen MR) is 73.8 cm³/mol. The van der Waals surface area contributed by atoms with Crippen LogP contribution in [0.2, 0.25) is 0 Å². The zero-order valence-electron chi connectivity index (χ0n) is 12.0. The Morgan fingerprint density at radius 2 is 2.16 bits per heavy atom. The number of hydrazine groups is 1. The van der Waals surface area contributed by atoms with Crippen molar-refractivity contribution < 1.29 is 14.6 Å². The average Bonchev–Trinajstić information content (AvgIpc) is 2.44. The van der Waals surface area contributed by atoms with Crippen LogP contribution >= 0.6 is 0 Å². The first-order valence-corrected chi connectivity index (χ1v) is 7.60. The Hall–Kier alpha value is -0.200. The normalized spacial score (nSPS) is 31.3. The molecule has 3 atom stereocenters. The molecule has 2 rings (SSSR count). The molecule has 5 nitrogen and oxygen atoms in total. The maximum absolute atomic E-state index is 9.93. The van der Waals surface area contributed by atoms with Gasteiger partial charge >= 0.3 is 0 Å². The molecule has 1 aliphatic carbocycles. The van der Waals surface area contributed by atoms with E-state index in [1.54, 1.807) is 0 Å². The second kappa shape index (κ2) is 8.17. The maximum Gasteiger partial charge on any atom is 0.0911 e. The Morgan fingerprint density at radius 3 is 2.89 bits per heavy atom. The lowest BCUT2D eigenvalue weighted by atomic mass is 9.89. The van der Waals surface area contributed by atoms with Crippen LogP contribution in [0.4, 0.5) is 0 Å². The topological polar surface area (TPSA) is 54.0 Å². The minimum Gasteiger partial charge on any atom is -0.389 e. The van der Waals surface area contributed by atoms with Crippen molar-refractivity contribution in [3.8, 4) is 0 Å². The van der Waals surface area contributed by atoms with E-state index in [1.807, 2.05) is 0 Å². The molecule has 0 aromatic carbocycles. The summed E-state index contributed by atoms with van der Waals surface area (Å²) in [5.41, 5.74) is 3.24. The summed E-state index contributed by atoms with van der Waals surface area (Å²) in [7, 11) is 0. The van der Waals surface area contributed by atoms with Gasteiger partial charge in [0, 0.05) is 19.6 Å². The van der Waals surface area contributed by atoms with Crippen molar-refractivity contribution in [3.63, 3.8) is 0 Å². The largest absolute Gasteiger partial charge is 0.389 e. The smallest absolute Gasteiger partial charge is 0.0911 e. The first-order chi connectivity index (χ1) is 9.24. The predicted octanol–water partition coefficient (Wildman–Crippen LogP) is 0.779. The van der Waals surface area contributed by atoms with E-state index in [-0.39, 0.29) is 0 Å². The second-order valence-electron chi connectivity index (χ2n) is 5.84. The van der Waals surface area contributed by atoms with Gasteiger partial charge in [-0.25, -0.2) is 5.01 Å². The summed E-state index contributed by atoms with van der Waals surface area (Å²) >= 11 is 0. The summed E-state index contributed by atoms with van der Waals surface area (Å²) in [6.07, 6.45) is 4.79. The van der Waals surface area contributed by atoms with Gasteiger partial charge in [-0.3, -0.25) is 5.43 Å². The van der Waals surface area contributed by atoms with Gasteiger partial charge in [0.05, 0.1) is 32.0 Å². The third kappa shape index (κ3) is 5.75. The number of ether oxygens (including phenoxy) is 2. The standard InChI is InChI=1S/C14H28N2O3/c1-12-3-2-4-14(9-12)19-11-13(17)10-15-16-5-7-18-8-6-16/h12-15,17H,2-11H2,1H3. The van der Waals surface area contributed by atoms with E-state index < -0.39 is 6.10 Å². The quantitative estimate of drug-likeness (QED) is 0.748. The number of nitrogens with zero attached hydrogens (tertiary/aromatic N) is 1. The number of aliphatic hydroxyl groups is 1. The molecule has 5 heteroatoms. The van der Waals surface area contributed by atoms with Crippen molar-refractivity contribution in [2.75, 3.05) is 39.5 Å². The second-order valence-corrected chi connectivity index (χ2v) is 5.84. The number of aliphatic hydroxyl groups excluding tert-OH is 1. The van der Waals surface area contributed by atoms with Crippen LogP contribution in [0.1, 0.15) is 32.6 Å². The lowest BCUT2D eigenvalue weighted by Gasteiger charge is -2.30. The minimum absolute atomic E-state index is 0.349. The summed E-state index contributed by atoms with van der Waals surface area (Å²) in [6.45, 7) is 6.57. The van der Waals surface area contributed by atoms with Crippen LogP contribution in [-0.4, -0.2) is 61.8 Å². The Kier molecular flexibility index (Phi) is 6.53. The van der Waals surface area contributed by atoms with Gasteiger partial charge in [0.2, 0.25) is 0 Å². The summed E-state index contributed by atoms with van der Waals surface area (Å²) < 4.78 is 11.1. The summed E-state index contributed by atoms with van der Waals surface area (Å²) in [6, 6.07) is 0. The molecule has 0 amide bonds. The molecule has 1 saturated carbocycles. The number of hydrogen-bond acceptors (Lipinski definition) is 5. The maximum atomic E-state index is 9.93. The van der Waals surface area contributed by atoms with Crippen molar-refractivity contribution in [1.82, 2.24) is 10.4 Å². The van der Waals surface area contributed by atoms with Gasteiger partial charge in [0.15, 0.2) is 0 Å². The van der Waals surface area contributed by atoms with Gasteiger partial charge in [-0.15, -0.1) is 0 Å². The van der Waals surface area contributed by atoms with Crippen molar-refractivity contribution in [1.29, 1.82) is 0 Å². The van der Waals surface area contributed by atoms with Crippen LogP contribution < -0.4 is 5.43 Å². The van der Waals surface area contributed by atoms with Crippen LogP contribution in [0.5, 0.6) is 0 Å².